The predicted octanol–water partition coefficient (Wildman–Crippen LogP) is 4.66. The Bertz CT molecular complexity index is 1330. The van der Waals surface area contributed by atoms with Gasteiger partial charge in [-0.1, -0.05) is 43.3 Å². The summed E-state index contributed by atoms with van der Waals surface area (Å²) in [5.74, 6) is -1.07. The molecule has 0 aliphatic heterocycles. The minimum Gasteiger partial charge on any atom is -0.508 e. The lowest BCUT2D eigenvalue weighted by atomic mass is 10.00. The van der Waals surface area contributed by atoms with Crippen molar-refractivity contribution in [2.75, 3.05) is 18.5 Å². The summed E-state index contributed by atoms with van der Waals surface area (Å²) in [5.41, 5.74) is 0.751. The van der Waals surface area contributed by atoms with Gasteiger partial charge in [0.1, 0.15) is 23.4 Å². The van der Waals surface area contributed by atoms with Crippen LogP contribution < -0.4 is 10.6 Å². The van der Waals surface area contributed by atoms with Crippen LogP contribution >= 0.6 is 0 Å². The molecule has 0 aliphatic carbocycles. The first-order chi connectivity index (χ1) is 18.4. The summed E-state index contributed by atoms with van der Waals surface area (Å²) in [6.45, 7) is 8.09. The van der Waals surface area contributed by atoms with E-state index in [0.717, 1.165) is 10.8 Å². The Labute approximate surface area is 228 Å². The van der Waals surface area contributed by atoms with E-state index >= 15 is 0 Å². The lowest BCUT2D eigenvalue weighted by molar-refractivity contribution is -0.141. The Morgan fingerprint density at radius 2 is 1.69 bits per heavy atom. The number of phenols is 1. The maximum atomic E-state index is 13.8. The number of nitrogens with zero attached hydrogens (tertiary/aromatic N) is 1. The highest BCUT2D eigenvalue weighted by molar-refractivity contribution is 6.00. The number of fused-ring (bicyclic) bond motifs is 1. The van der Waals surface area contributed by atoms with Gasteiger partial charge in [0.05, 0.1) is 6.61 Å². The molecule has 0 aliphatic rings. The lowest BCUT2D eigenvalue weighted by Gasteiger charge is -2.34. The summed E-state index contributed by atoms with van der Waals surface area (Å²) in [4.78, 5) is 41.3. The second-order valence-electron chi connectivity index (χ2n) is 10.4. The van der Waals surface area contributed by atoms with Gasteiger partial charge in [-0.2, -0.15) is 0 Å². The highest BCUT2D eigenvalue weighted by atomic mass is 16.6. The molecule has 0 heterocycles. The standard InChI is InChI=1S/C30H37N3O6/c1-6-15-33(28(37)24(18-34)32-29(38)39-30(3,4)5)26(22-12-14-25(35)19(2)16-22)27(36)31-23-13-11-20-9-7-8-10-21(20)17-23/h7-14,16-17,24,26,34-35H,6,15,18H2,1-5H3,(H,31,36)(H,32,38). The number of aliphatic hydroxyl groups excluding tert-OH is 1. The molecule has 0 bridgehead atoms. The molecule has 2 unspecified atom stereocenters. The molecule has 9 nitrogen and oxygen atoms in total. The molecule has 3 rings (SSSR count). The number of hydrogen-bond acceptors (Lipinski definition) is 6. The van der Waals surface area contributed by atoms with Crippen molar-refractivity contribution < 1.29 is 29.3 Å². The van der Waals surface area contributed by atoms with E-state index in [9.17, 15) is 24.6 Å². The maximum absolute atomic E-state index is 13.8. The van der Waals surface area contributed by atoms with Crippen LogP contribution in [-0.4, -0.2) is 57.8 Å². The summed E-state index contributed by atoms with van der Waals surface area (Å²) < 4.78 is 5.26. The molecule has 0 fully saturated rings. The number of carbonyl (C=O) groups excluding carboxylic acids is 3. The van der Waals surface area contributed by atoms with Crippen molar-refractivity contribution in [1.29, 1.82) is 0 Å². The van der Waals surface area contributed by atoms with Crippen LogP contribution in [0.1, 0.15) is 51.3 Å². The van der Waals surface area contributed by atoms with Gasteiger partial charge in [0.2, 0.25) is 5.91 Å². The van der Waals surface area contributed by atoms with E-state index in [-0.39, 0.29) is 12.3 Å². The van der Waals surface area contributed by atoms with Crippen LogP contribution in [0.2, 0.25) is 0 Å². The van der Waals surface area contributed by atoms with Gasteiger partial charge >= 0.3 is 6.09 Å². The monoisotopic (exact) mass is 535 g/mol. The second kappa shape index (κ2) is 12.6. The number of aromatic hydroxyl groups is 1. The number of benzene rings is 3. The number of rotatable bonds is 9. The van der Waals surface area contributed by atoms with E-state index in [1.54, 1.807) is 45.9 Å². The van der Waals surface area contributed by atoms with E-state index in [1.165, 1.54) is 11.0 Å². The first-order valence-corrected chi connectivity index (χ1v) is 12.9. The zero-order chi connectivity index (χ0) is 28.7. The molecule has 0 saturated heterocycles. The van der Waals surface area contributed by atoms with Crippen molar-refractivity contribution in [3.05, 3.63) is 71.8 Å². The largest absolute Gasteiger partial charge is 0.508 e. The molecule has 9 heteroatoms. The number of ether oxygens (including phenoxy) is 1. The summed E-state index contributed by atoms with van der Waals surface area (Å²) in [7, 11) is 0. The van der Waals surface area contributed by atoms with Gasteiger partial charge in [0.15, 0.2) is 0 Å². The van der Waals surface area contributed by atoms with Crippen LogP contribution in [0.25, 0.3) is 10.8 Å². The third-order valence-electron chi connectivity index (χ3n) is 6.03. The van der Waals surface area contributed by atoms with Crippen molar-refractivity contribution in [1.82, 2.24) is 10.2 Å². The first kappa shape index (κ1) is 29.4. The molecule has 0 saturated carbocycles. The Hall–Kier alpha value is -4.11. The summed E-state index contributed by atoms with van der Waals surface area (Å²) in [5, 5.41) is 27.4. The second-order valence-corrected chi connectivity index (χ2v) is 10.4. The van der Waals surface area contributed by atoms with Gasteiger partial charge in [0, 0.05) is 12.2 Å². The maximum Gasteiger partial charge on any atom is 0.408 e. The molecule has 3 aromatic carbocycles. The van der Waals surface area contributed by atoms with Crippen LogP contribution in [0.4, 0.5) is 10.5 Å². The van der Waals surface area contributed by atoms with Crippen LogP contribution in [0, 0.1) is 6.92 Å². The SMILES string of the molecule is CCCN(C(=O)C(CO)NC(=O)OC(C)(C)C)C(C(=O)Nc1ccc2ccccc2c1)c1ccc(O)c(C)c1. The van der Waals surface area contributed by atoms with Crippen molar-refractivity contribution in [2.45, 2.75) is 58.7 Å². The van der Waals surface area contributed by atoms with E-state index in [0.29, 0.717) is 23.2 Å². The highest BCUT2D eigenvalue weighted by Crippen LogP contribution is 2.29. The first-order valence-electron chi connectivity index (χ1n) is 12.9. The molecule has 3 amide bonds. The van der Waals surface area contributed by atoms with Gasteiger partial charge in [-0.3, -0.25) is 9.59 Å². The molecule has 3 aromatic rings. The Balaban J connectivity index is 1.99. The number of aliphatic hydroxyl groups is 1. The van der Waals surface area contributed by atoms with Gasteiger partial charge in [-0.15, -0.1) is 0 Å². The smallest absolute Gasteiger partial charge is 0.408 e. The fourth-order valence-corrected chi connectivity index (χ4v) is 4.24. The number of alkyl carbamates (subject to hydrolysis) is 1. The molecule has 0 aromatic heterocycles. The number of aryl methyl sites for hydroxylation is 1. The van der Waals surface area contributed by atoms with Gasteiger partial charge in [0.25, 0.3) is 5.91 Å². The summed E-state index contributed by atoms with van der Waals surface area (Å²) in [6, 6.07) is 15.5. The third kappa shape index (κ3) is 7.70. The van der Waals surface area contributed by atoms with E-state index in [4.69, 9.17) is 4.74 Å². The molecular formula is C30H37N3O6. The molecule has 39 heavy (non-hydrogen) atoms. The zero-order valence-electron chi connectivity index (χ0n) is 23.0. The van der Waals surface area contributed by atoms with E-state index < -0.39 is 42.2 Å². The predicted molar refractivity (Wildman–Crippen MR) is 150 cm³/mol. The zero-order valence-corrected chi connectivity index (χ0v) is 23.0. The number of anilines is 1. The molecule has 2 atom stereocenters. The minimum atomic E-state index is -1.33. The van der Waals surface area contributed by atoms with Crippen LogP contribution in [0.5, 0.6) is 5.75 Å². The average molecular weight is 536 g/mol. The van der Waals surface area contributed by atoms with Crippen molar-refractivity contribution in [2.24, 2.45) is 0 Å². The molecule has 0 spiro atoms. The molecule has 0 radical (unpaired) electrons. The Morgan fingerprint density at radius 3 is 2.31 bits per heavy atom. The molecular weight excluding hydrogens is 498 g/mol. The number of carbonyl (C=O) groups is 3. The Kier molecular flexibility index (Phi) is 9.53. The summed E-state index contributed by atoms with van der Waals surface area (Å²) >= 11 is 0. The van der Waals surface area contributed by atoms with Crippen LogP contribution in [-0.2, 0) is 14.3 Å². The number of phenolic OH excluding ortho intramolecular Hbond substituents is 1. The fraction of sp³-hybridized carbons (Fsp3) is 0.367. The molecule has 4 N–H and O–H groups in total. The van der Waals surface area contributed by atoms with Gasteiger partial charge < -0.3 is 30.5 Å². The summed E-state index contributed by atoms with van der Waals surface area (Å²) in [6.07, 6.45) is -0.350. The lowest BCUT2D eigenvalue weighted by Crippen LogP contribution is -2.54. The molecule has 208 valence electrons. The normalized spacial score (nSPS) is 12.9. The van der Waals surface area contributed by atoms with Gasteiger partial charge in [-0.25, -0.2) is 4.79 Å². The number of nitrogens with one attached hydrogen (secondary N) is 2. The van der Waals surface area contributed by atoms with Gasteiger partial charge in [-0.05, 0) is 80.3 Å². The quantitative estimate of drug-likeness (QED) is 0.316. The highest BCUT2D eigenvalue weighted by Gasteiger charge is 2.36. The fourth-order valence-electron chi connectivity index (χ4n) is 4.24. The van der Waals surface area contributed by atoms with E-state index in [2.05, 4.69) is 10.6 Å². The average Bonchev–Trinajstić information content (AvgIpc) is 2.87. The number of amides is 3. The van der Waals surface area contributed by atoms with Crippen molar-refractivity contribution >= 4 is 34.4 Å². The van der Waals surface area contributed by atoms with Crippen LogP contribution in [0.15, 0.2) is 60.7 Å². The Morgan fingerprint density at radius 1 is 1.00 bits per heavy atom. The van der Waals surface area contributed by atoms with Crippen molar-refractivity contribution in [3.8, 4) is 5.75 Å². The van der Waals surface area contributed by atoms with E-state index in [1.807, 2.05) is 43.3 Å². The number of hydrogen-bond donors (Lipinski definition) is 4. The third-order valence-corrected chi connectivity index (χ3v) is 6.03. The van der Waals surface area contributed by atoms with Crippen LogP contribution in [0.3, 0.4) is 0 Å². The van der Waals surface area contributed by atoms with Crippen molar-refractivity contribution in [3.63, 3.8) is 0 Å². The minimum absolute atomic E-state index is 0.0561. The topological polar surface area (TPSA) is 128 Å².